The molecule has 0 N–H and O–H groups in total. The molecular formula is C20H28N4O2. The molecule has 1 saturated heterocycles. The summed E-state index contributed by atoms with van der Waals surface area (Å²) in [6.45, 7) is 9.79. The number of likely N-dealkylation sites (tertiary alicyclic amines) is 1. The van der Waals surface area contributed by atoms with Gasteiger partial charge >= 0.3 is 0 Å². The molecule has 1 aromatic heterocycles. The van der Waals surface area contributed by atoms with Crippen LogP contribution in [0.5, 0.6) is 5.75 Å². The highest BCUT2D eigenvalue weighted by atomic mass is 16.5. The van der Waals surface area contributed by atoms with E-state index in [9.17, 15) is 4.79 Å². The molecular weight excluding hydrogens is 328 g/mol. The Bertz CT molecular complexity index is 828. The van der Waals surface area contributed by atoms with Gasteiger partial charge in [-0.15, -0.1) is 0 Å². The smallest absolute Gasteiger partial charge is 0.225 e. The SMILES string of the molecule is COc1ccc2c(C)nc(N(C)C[C@@H]3CC(=O)N(C(C)(C)C)C3)nc2c1. The minimum absolute atomic E-state index is 0.128. The number of amides is 1. The number of fused-ring (bicyclic) bond motifs is 1. The van der Waals surface area contributed by atoms with Crippen LogP contribution in [-0.2, 0) is 4.79 Å². The molecule has 3 rings (SSSR count). The van der Waals surface area contributed by atoms with Gasteiger partial charge in [0.15, 0.2) is 0 Å². The molecule has 1 fully saturated rings. The van der Waals surface area contributed by atoms with Crippen LogP contribution in [0.15, 0.2) is 18.2 Å². The summed E-state index contributed by atoms with van der Waals surface area (Å²) >= 11 is 0. The predicted molar refractivity (Wildman–Crippen MR) is 104 cm³/mol. The quantitative estimate of drug-likeness (QED) is 0.843. The van der Waals surface area contributed by atoms with E-state index in [1.807, 2.05) is 37.1 Å². The van der Waals surface area contributed by atoms with Crippen LogP contribution in [0.25, 0.3) is 10.9 Å². The summed E-state index contributed by atoms with van der Waals surface area (Å²) in [6.07, 6.45) is 0.585. The van der Waals surface area contributed by atoms with Gasteiger partial charge in [0, 0.05) is 49.5 Å². The zero-order valence-electron chi connectivity index (χ0n) is 16.5. The van der Waals surface area contributed by atoms with Crippen molar-refractivity contribution in [1.29, 1.82) is 0 Å². The number of aryl methyl sites for hydroxylation is 1. The molecule has 2 aromatic rings. The molecule has 1 aliphatic rings. The maximum atomic E-state index is 12.3. The van der Waals surface area contributed by atoms with E-state index in [1.54, 1.807) is 7.11 Å². The Kier molecular flexibility index (Phi) is 4.78. The van der Waals surface area contributed by atoms with Crippen molar-refractivity contribution in [3.8, 4) is 5.75 Å². The van der Waals surface area contributed by atoms with Crippen molar-refractivity contribution in [3.63, 3.8) is 0 Å². The van der Waals surface area contributed by atoms with Crippen LogP contribution >= 0.6 is 0 Å². The van der Waals surface area contributed by atoms with Gasteiger partial charge < -0.3 is 14.5 Å². The van der Waals surface area contributed by atoms with Crippen molar-refractivity contribution >= 4 is 22.8 Å². The number of benzene rings is 1. The van der Waals surface area contributed by atoms with Gasteiger partial charge in [-0.3, -0.25) is 4.79 Å². The van der Waals surface area contributed by atoms with Gasteiger partial charge in [0.2, 0.25) is 11.9 Å². The van der Waals surface area contributed by atoms with Crippen LogP contribution in [0.1, 0.15) is 32.9 Å². The summed E-state index contributed by atoms with van der Waals surface area (Å²) < 4.78 is 5.31. The number of methoxy groups -OCH3 is 1. The van der Waals surface area contributed by atoms with E-state index in [0.29, 0.717) is 12.4 Å². The third kappa shape index (κ3) is 3.59. The van der Waals surface area contributed by atoms with E-state index in [2.05, 4.69) is 30.7 Å². The number of rotatable bonds is 4. The van der Waals surface area contributed by atoms with Crippen LogP contribution in [0.2, 0.25) is 0 Å². The molecule has 0 unspecified atom stereocenters. The summed E-state index contributed by atoms with van der Waals surface area (Å²) in [6, 6.07) is 5.85. The van der Waals surface area contributed by atoms with E-state index < -0.39 is 0 Å². The molecule has 6 nitrogen and oxygen atoms in total. The van der Waals surface area contributed by atoms with Crippen LogP contribution in [0, 0.1) is 12.8 Å². The standard InChI is InChI=1S/C20H28N4O2/c1-13-16-8-7-15(26-6)10-17(16)22-19(21-13)23(5)11-14-9-18(25)24(12-14)20(2,3)4/h7-8,10,14H,9,11-12H2,1-6H3/t14-/m0/s1. The fourth-order valence-electron chi connectivity index (χ4n) is 3.57. The zero-order valence-corrected chi connectivity index (χ0v) is 16.5. The largest absolute Gasteiger partial charge is 0.497 e. The monoisotopic (exact) mass is 356 g/mol. The van der Waals surface area contributed by atoms with E-state index in [1.165, 1.54) is 0 Å². The van der Waals surface area contributed by atoms with Gasteiger partial charge in [-0.2, -0.15) is 0 Å². The Hall–Kier alpha value is -2.37. The third-order valence-corrected chi connectivity index (χ3v) is 4.97. The van der Waals surface area contributed by atoms with Crippen molar-refractivity contribution in [3.05, 3.63) is 23.9 Å². The highest BCUT2D eigenvalue weighted by molar-refractivity contribution is 5.83. The highest BCUT2D eigenvalue weighted by Crippen LogP contribution is 2.28. The number of anilines is 1. The first-order valence-electron chi connectivity index (χ1n) is 9.03. The number of hydrogen-bond donors (Lipinski definition) is 0. The van der Waals surface area contributed by atoms with Crippen molar-refractivity contribution in [2.24, 2.45) is 5.92 Å². The average molecular weight is 356 g/mol. The van der Waals surface area contributed by atoms with Crippen molar-refractivity contribution in [1.82, 2.24) is 14.9 Å². The first-order chi connectivity index (χ1) is 12.2. The molecule has 2 heterocycles. The fraction of sp³-hybridized carbons (Fsp3) is 0.550. The van der Waals surface area contributed by atoms with Gasteiger partial charge in [-0.1, -0.05) is 0 Å². The van der Waals surface area contributed by atoms with Gasteiger partial charge in [0.25, 0.3) is 0 Å². The Morgan fingerprint density at radius 2 is 2.04 bits per heavy atom. The van der Waals surface area contributed by atoms with E-state index in [-0.39, 0.29) is 17.4 Å². The number of carbonyl (C=O) groups is 1. The second-order valence-corrected chi connectivity index (χ2v) is 8.12. The van der Waals surface area contributed by atoms with Gasteiger partial charge in [-0.25, -0.2) is 9.97 Å². The molecule has 1 atom stereocenters. The van der Waals surface area contributed by atoms with Gasteiger partial charge in [0.05, 0.1) is 18.3 Å². The Morgan fingerprint density at radius 1 is 1.31 bits per heavy atom. The van der Waals surface area contributed by atoms with Crippen LogP contribution in [0.4, 0.5) is 5.95 Å². The van der Waals surface area contributed by atoms with Crippen molar-refractivity contribution in [2.45, 2.75) is 39.7 Å². The molecule has 0 bridgehead atoms. The number of hydrogen-bond acceptors (Lipinski definition) is 5. The number of nitrogens with zero attached hydrogens (tertiary/aromatic N) is 4. The van der Waals surface area contributed by atoms with E-state index >= 15 is 0 Å². The van der Waals surface area contributed by atoms with E-state index in [4.69, 9.17) is 9.72 Å². The maximum Gasteiger partial charge on any atom is 0.225 e. The third-order valence-electron chi connectivity index (χ3n) is 4.97. The molecule has 1 aliphatic heterocycles. The first-order valence-corrected chi connectivity index (χ1v) is 9.03. The van der Waals surface area contributed by atoms with Crippen molar-refractivity contribution in [2.75, 3.05) is 32.1 Å². The highest BCUT2D eigenvalue weighted by Gasteiger charge is 2.36. The maximum absolute atomic E-state index is 12.3. The molecule has 1 aromatic carbocycles. The first kappa shape index (κ1) is 18.4. The summed E-state index contributed by atoms with van der Waals surface area (Å²) in [7, 11) is 3.64. The van der Waals surface area contributed by atoms with Crippen LogP contribution in [0.3, 0.4) is 0 Å². The average Bonchev–Trinajstić information content (AvgIpc) is 2.94. The summed E-state index contributed by atoms with van der Waals surface area (Å²) in [5.74, 6) is 1.99. The lowest BCUT2D eigenvalue weighted by molar-refractivity contribution is -0.131. The van der Waals surface area contributed by atoms with Crippen molar-refractivity contribution < 1.29 is 9.53 Å². The molecule has 0 spiro atoms. The molecule has 0 aliphatic carbocycles. The molecule has 140 valence electrons. The van der Waals surface area contributed by atoms with Crippen LogP contribution < -0.4 is 9.64 Å². The topological polar surface area (TPSA) is 58.6 Å². The second kappa shape index (κ2) is 6.74. The number of ether oxygens (including phenoxy) is 1. The predicted octanol–water partition coefficient (Wildman–Crippen LogP) is 3.03. The van der Waals surface area contributed by atoms with E-state index in [0.717, 1.165) is 35.4 Å². The van der Waals surface area contributed by atoms with Gasteiger partial charge in [-0.05, 0) is 39.8 Å². The van der Waals surface area contributed by atoms with Crippen LogP contribution in [-0.4, -0.2) is 53.6 Å². The minimum Gasteiger partial charge on any atom is -0.497 e. The fourth-order valence-corrected chi connectivity index (χ4v) is 3.57. The normalized spacial score (nSPS) is 17.8. The number of aromatic nitrogens is 2. The van der Waals surface area contributed by atoms with Gasteiger partial charge in [0.1, 0.15) is 5.75 Å². The zero-order chi connectivity index (χ0) is 19.1. The minimum atomic E-state index is -0.128. The number of carbonyl (C=O) groups excluding carboxylic acids is 1. The summed E-state index contributed by atoms with van der Waals surface area (Å²) in [4.78, 5) is 25.7. The summed E-state index contributed by atoms with van der Waals surface area (Å²) in [5.41, 5.74) is 1.69. The molecule has 6 heteroatoms. The lowest BCUT2D eigenvalue weighted by Gasteiger charge is -2.32. The molecule has 0 radical (unpaired) electrons. The molecule has 0 saturated carbocycles. The second-order valence-electron chi connectivity index (χ2n) is 8.12. The Labute approximate surface area is 155 Å². The Morgan fingerprint density at radius 3 is 2.65 bits per heavy atom. The summed E-state index contributed by atoms with van der Waals surface area (Å²) in [5, 5.41) is 1.03. The molecule has 26 heavy (non-hydrogen) atoms. The lowest BCUT2D eigenvalue weighted by Crippen LogP contribution is -2.42. The molecule has 1 amide bonds. The lowest BCUT2D eigenvalue weighted by atomic mass is 10.1. The Balaban J connectivity index is 1.80.